The fraction of sp³-hybridized carbons (Fsp3) is 0.385. The summed E-state index contributed by atoms with van der Waals surface area (Å²) in [6, 6.07) is 7.13. The van der Waals surface area contributed by atoms with Crippen LogP contribution in [0.5, 0.6) is 0 Å². The number of hydrogen-bond acceptors (Lipinski definition) is 3. The minimum absolute atomic E-state index is 0.462. The molecule has 1 fully saturated rings. The number of nitrogens with one attached hydrogen (secondary N) is 1. The summed E-state index contributed by atoms with van der Waals surface area (Å²) in [7, 11) is 2.00. The summed E-state index contributed by atoms with van der Waals surface area (Å²) in [4.78, 5) is 27.5. The Kier molecular flexibility index (Phi) is 4.55. The molecule has 2 rings (SSSR count). The Balaban J connectivity index is 1.92. The third-order valence-corrected chi connectivity index (χ3v) is 3.62. The van der Waals surface area contributed by atoms with Crippen LogP contribution in [-0.4, -0.2) is 54.8 Å². The van der Waals surface area contributed by atoms with Crippen LogP contribution in [0.25, 0.3) is 0 Å². The Bertz CT molecular complexity index is 467. The normalized spacial score (nSPS) is 16.2. The molecule has 6 heteroatoms. The van der Waals surface area contributed by atoms with Crippen LogP contribution in [0, 0.1) is 0 Å². The molecule has 1 N–H and O–H groups in total. The molecule has 0 spiro atoms. The molecule has 0 aromatic heterocycles. The van der Waals surface area contributed by atoms with Crippen molar-refractivity contribution in [3.63, 3.8) is 0 Å². The maximum atomic E-state index is 12.0. The molecule has 1 aromatic carbocycles. The van der Waals surface area contributed by atoms with Gasteiger partial charge in [0.05, 0.1) is 0 Å². The molecule has 1 aliphatic rings. The Labute approximate surface area is 120 Å². The average molecular weight is 326 g/mol. The molecule has 1 aliphatic heterocycles. The van der Waals surface area contributed by atoms with Crippen molar-refractivity contribution in [2.45, 2.75) is 0 Å². The van der Waals surface area contributed by atoms with Gasteiger partial charge in [-0.2, -0.15) is 0 Å². The number of likely N-dealkylation sites (N-methyl/N-ethyl adjacent to an activating group) is 1. The Morgan fingerprint density at radius 1 is 1.11 bits per heavy atom. The van der Waals surface area contributed by atoms with Crippen LogP contribution in [0.1, 0.15) is 0 Å². The van der Waals surface area contributed by atoms with E-state index in [0.717, 1.165) is 17.6 Å². The minimum Gasteiger partial charge on any atom is -0.332 e. The first-order valence-corrected chi connectivity index (χ1v) is 6.90. The van der Waals surface area contributed by atoms with Gasteiger partial charge in [-0.15, -0.1) is 0 Å². The number of nitrogens with zero attached hydrogens (tertiary/aromatic N) is 2. The van der Waals surface area contributed by atoms with Gasteiger partial charge in [-0.25, -0.2) is 0 Å². The van der Waals surface area contributed by atoms with Crippen molar-refractivity contribution < 1.29 is 9.59 Å². The fourth-order valence-corrected chi connectivity index (χ4v) is 2.14. The second-order valence-electron chi connectivity index (χ2n) is 4.56. The van der Waals surface area contributed by atoms with E-state index < -0.39 is 11.8 Å². The summed E-state index contributed by atoms with van der Waals surface area (Å²) in [6.45, 7) is 2.81. The van der Waals surface area contributed by atoms with Crippen LogP contribution in [0.3, 0.4) is 0 Å². The second-order valence-corrected chi connectivity index (χ2v) is 5.47. The van der Waals surface area contributed by atoms with Gasteiger partial charge in [-0.1, -0.05) is 15.9 Å². The Morgan fingerprint density at radius 3 is 2.26 bits per heavy atom. The largest absolute Gasteiger partial charge is 0.332 e. The van der Waals surface area contributed by atoms with Gasteiger partial charge in [-0.05, 0) is 31.3 Å². The van der Waals surface area contributed by atoms with E-state index in [2.05, 4.69) is 26.1 Å². The summed E-state index contributed by atoms with van der Waals surface area (Å²) < 4.78 is 0.927. The van der Waals surface area contributed by atoms with Crippen molar-refractivity contribution in [1.29, 1.82) is 0 Å². The van der Waals surface area contributed by atoms with E-state index in [0.29, 0.717) is 18.8 Å². The molecule has 0 bridgehead atoms. The third kappa shape index (κ3) is 3.78. The van der Waals surface area contributed by atoms with Crippen LogP contribution in [0.4, 0.5) is 5.69 Å². The third-order valence-electron chi connectivity index (χ3n) is 3.09. The molecule has 0 saturated carbocycles. The molecular weight excluding hydrogens is 310 g/mol. The zero-order valence-corrected chi connectivity index (χ0v) is 12.3. The summed E-state index contributed by atoms with van der Waals surface area (Å²) in [5.74, 6) is -1.04. The predicted molar refractivity (Wildman–Crippen MR) is 76.8 cm³/mol. The van der Waals surface area contributed by atoms with Gasteiger partial charge in [0.25, 0.3) is 0 Å². The first-order chi connectivity index (χ1) is 9.06. The van der Waals surface area contributed by atoms with Crippen molar-refractivity contribution in [2.24, 2.45) is 0 Å². The van der Waals surface area contributed by atoms with E-state index in [-0.39, 0.29) is 0 Å². The van der Waals surface area contributed by atoms with Crippen molar-refractivity contribution in [3.8, 4) is 0 Å². The van der Waals surface area contributed by atoms with Gasteiger partial charge in [0.1, 0.15) is 0 Å². The lowest BCUT2D eigenvalue weighted by atomic mass is 10.3. The number of benzene rings is 1. The number of anilines is 1. The lowest BCUT2D eigenvalue weighted by Gasteiger charge is -2.31. The van der Waals surface area contributed by atoms with Crippen LogP contribution < -0.4 is 5.32 Å². The molecule has 1 heterocycles. The van der Waals surface area contributed by atoms with E-state index >= 15 is 0 Å². The fourth-order valence-electron chi connectivity index (χ4n) is 1.87. The molecule has 0 radical (unpaired) electrons. The van der Waals surface area contributed by atoms with Crippen molar-refractivity contribution in [3.05, 3.63) is 28.7 Å². The van der Waals surface area contributed by atoms with E-state index in [1.54, 1.807) is 17.0 Å². The zero-order chi connectivity index (χ0) is 13.8. The summed E-state index contributed by atoms with van der Waals surface area (Å²) in [6.07, 6.45) is 0. The number of hydrogen-bond donors (Lipinski definition) is 1. The molecule has 5 nitrogen and oxygen atoms in total. The van der Waals surface area contributed by atoms with Crippen LogP contribution in [-0.2, 0) is 9.59 Å². The van der Waals surface area contributed by atoms with E-state index in [9.17, 15) is 9.59 Å². The van der Waals surface area contributed by atoms with Gasteiger partial charge in [-0.3, -0.25) is 9.59 Å². The summed E-state index contributed by atoms with van der Waals surface area (Å²) in [5, 5.41) is 2.61. The molecule has 0 aliphatic carbocycles. The number of carbonyl (C=O) groups excluding carboxylic acids is 2. The standard InChI is InChI=1S/C13H16BrN3O2/c1-16-6-8-17(9-7-16)13(19)12(18)15-11-4-2-10(14)3-5-11/h2-5H,6-9H2,1H3,(H,15,18). The van der Waals surface area contributed by atoms with E-state index in [4.69, 9.17) is 0 Å². The number of carbonyl (C=O) groups is 2. The van der Waals surface area contributed by atoms with Crippen molar-refractivity contribution >= 4 is 33.4 Å². The zero-order valence-electron chi connectivity index (χ0n) is 10.7. The van der Waals surface area contributed by atoms with Crippen molar-refractivity contribution in [1.82, 2.24) is 9.80 Å². The minimum atomic E-state index is -0.577. The van der Waals surface area contributed by atoms with Crippen LogP contribution in [0.2, 0.25) is 0 Å². The van der Waals surface area contributed by atoms with Crippen molar-refractivity contribution in [2.75, 3.05) is 38.5 Å². The highest BCUT2D eigenvalue weighted by atomic mass is 79.9. The topological polar surface area (TPSA) is 52.7 Å². The Morgan fingerprint density at radius 2 is 1.68 bits per heavy atom. The number of piperazine rings is 1. The molecule has 0 atom stereocenters. The smallest absolute Gasteiger partial charge is 0.313 e. The summed E-state index contributed by atoms with van der Waals surface area (Å²) >= 11 is 3.32. The quantitative estimate of drug-likeness (QED) is 0.788. The summed E-state index contributed by atoms with van der Waals surface area (Å²) in [5.41, 5.74) is 0.621. The van der Waals surface area contributed by atoms with Gasteiger partial charge in [0.15, 0.2) is 0 Å². The maximum absolute atomic E-state index is 12.0. The molecule has 1 aromatic rings. The highest BCUT2D eigenvalue weighted by molar-refractivity contribution is 9.10. The van der Waals surface area contributed by atoms with Crippen LogP contribution >= 0.6 is 15.9 Å². The lowest BCUT2D eigenvalue weighted by molar-refractivity contribution is -0.144. The second kappa shape index (κ2) is 6.16. The lowest BCUT2D eigenvalue weighted by Crippen LogP contribution is -2.50. The number of halogens is 1. The first kappa shape index (κ1) is 14.0. The molecule has 19 heavy (non-hydrogen) atoms. The van der Waals surface area contributed by atoms with E-state index in [1.165, 1.54) is 0 Å². The van der Waals surface area contributed by atoms with Gasteiger partial charge in [0.2, 0.25) is 0 Å². The first-order valence-electron chi connectivity index (χ1n) is 6.10. The number of rotatable bonds is 1. The molecule has 1 saturated heterocycles. The average Bonchev–Trinajstić information content (AvgIpc) is 2.41. The monoisotopic (exact) mass is 325 g/mol. The van der Waals surface area contributed by atoms with Gasteiger partial charge in [0, 0.05) is 36.3 Å². The molecule has 0 unspecified atom stereocenters. The highest BCUT2D eigenvalue weighted by Gasteiger charge is 2.24. The van der Waals surface area contributed by atoms with Gasteiger partial charge >= 0.3 is 11.8 Å². The van der Waals surface area contributed by atoms with Crippen LogP contribution in [0.15, 0.2) is 28.7 Å². The molecular formula is C13H16BrN3O2. The SMILES string of the molecule is CN1CCN(C(=O)C(=O)Nc2ccc(Br)cc2)CC1. The van der Waals surface area contributed by atoms with E-state index in [1.807, 2.05) is 19.2 Å². The van der Waals surface area contributed by atoms with Gasteiger partial charge < -0.3 is 15.1 Å². The number of amides is 2. The highest BCUT2D eigenvalue weighted by Crippen LogP contribution is 2.14. The molecule has 2 amide bonds. The maximum Gasteiger partial charge on any atom is 0.313 e. The predicted octanol–water partition coefficient (Wildman–Crippen LogP) is 1.16. The Hall–Kier alpha value is -1.40. The molecule has 102 valence electrons.